The monoisotopic (exact) mass is 382 g/mol. The average Bonchev–Trinajstić information content (AvgIpc) is 2.98. The maximum atomic E-state index is 13.5. The van der Waals surface area contributed by atoms with E-state index in [0.29, 0.717) is 17.2 Å². The first kappa shape index (κ1) is 15.7. The molecular formula is C16H10Cl3FN4. The van der Waals surface area contributed by atoms with Gasteiger partial charge in [0.15, 0.2) is 17.8 Å². The number of hydrogen-bond donors (Lipinski definition) is 1. The minimum Gasteiger partial charge on any atom is -0.360 e. The van der Waals surface area contributed by atoms with Crippen molar-refractivity contribution in [2.75, 3.05) is 5.32 Å². The third-order valence-corrected chi connectivity index (χ3v) is 4.35. The first-order chi connectivity index (χ1) is 11.4. The second-order valence-electron chi connectivity index (χ2n) is 5.35. The Balaban J connectivity index is 1.92. The number of hydrogen-bond acceptors (Lipinski definition) is 3. The maximum Gasteiger partial charge on any atom is 0.230 e. The van der Waals surface area contributed by atoms with Gasteiger partial charge in [0.2, 0.25) is 3.79 Å². The topological polar surface area (TPSA) is 42.7 Å². The average molecular weight is 384 g/mol. The lowest BCUT2D eigenvalue weighted by Gasteiger charge is -2.32. The Morgan fingerprint density at radius 1 is 1.08 bits per heavy atom. The van der Waals surface area contributed by atoms with Crippen LogP contribution >= 0.6 is 34.8 Å². The van der Waals surface area contributed by atoms with E-state index in [0.717, 1.165) is 11.3 Å². The van der Waals surface area contributed by atoms with Gasteiger partial charge in [-0.3, -0.25) is 0 Å². The van der Waals surface area contributed by atoms with Crippen LogP contribution < -0.4 is 5.32 Å². The molecule has 0 radical (unpaired) electrons. The summed E-state index contributed by atoms with van der Waals surface area (Å²) in [5, 5.41) is 7.59. The third kappa shape index (κ3) is 2.62. The minimum absolute atomic E-state index is 0.363. The van der Waals surface area contributed by atoms with Crippen LogP contribution in [0, 0.1) is 5.82 Å². The molecule has 2 heterocycles. The van der Waals surface area contributed by atoms with E-state index in [9.17, 15) is 4.39 Å². The molecule has 1 N–H and O–H groups in total. The standard InChI is InChI=1S/C16H10Cl3FN4/c17-16(18,19)15-21-12-7-2-1-6-11(12)14-22-13(23-24(14)15)9-4-3-5-10(20)8-9/h1-8,15,21H. The smallest absolute Gasteiger partial charge is 0.230 e. The summed E-state index contributed by atoms with van der Waals surface area (Å²) in [6, 6.07) is 13.6. The predicted octanol–water partition coefficient (Wildman–Crippen LogP) is 5.05. The number of halogens is 4. The van der Waals surface area contributed by atoms with Crippen molar-refractivity contribution in [3.63, 3.8) is 0 Å². The zero-order valence-corrected chi connectivity index (χ0v) is 14.3. The van der Waals surface area contributed by atoms with Gasteiger partial charge in [0.1, 0.15) is 5.82 Å². The van der Waals surface area contributed by atoms with Crippen molar-refractivity contribution >= 4 is 40.5 Å². The Morgan fingerprint density at radius 3 is 2.62 bits per heavy atom. The lowest BCUT2D eigenvalue weighted by atomic mass is 10.1. The number of alkyl halides is 3. The number of rotatable bonds is 1. The van der Waals surface area contributed by atoms with E-state index >= 15 is 0 Å². The summed E-state index contributed by atoms with van der Waals surface area (Å²) in [5.41, 5.74) is 2.18. The zero-order chi connectivity index (χ0) is 16.9. The molecule has 122 valence electrons. The summed E-state index contributed by atoms with van der Waals surface area (Å²) in [7, 11) is 0. The van der Waals surface area contributed by atoms with Crippen LogP contribution in [-0.2, 0) is 0 Å². The van der Waals surface area contributed by atoms with Crippen LogP contribution in [0.5, 0.6) is 0 Å². The van der Waals surface area contributed by atoms with Crippen LogP contribution in [0.2, 0.25) is 0 Å². The molecule has 0 saturated carbocycles. The molecule has 2 aromatic carbocycles. The molecule has 1 aliphatic heterocycles. The molecule has 0 bridgehead atoms. The summed E-state index contributed by atoms with van der Waals surface area (Å²) in [6.07, 6.45) is -0.734. The second-order valence-corrected chi connectivity index (χ2v) is 7.72. The molecule has 8 heteroatoms. The molecule has 0 aliphatic carbocycles. The second kappa shape index (κ2) is 5.62. The molecule has 0 amide bonds. The summed E-state index contributed by atoms with van der Waals surface area (Å²) in [4.78, 5) is 4.54. The normalized spacial score (nSPS) is 16.2. The number of nitrogens with one attached hydrogen (secondary N) is 1. The van der Waals surface area contributed by atoms with Crippen LogP contribution in [0.1, 0.15) is 6.17 Å². The van der Waals surface area contributed by atoms with Gasteiger partial charge in [0, 0.05) is 16.8 Å². The number of nitrogens with zero attached hydrogens (tertiary/aromatic N) is 3. The van der Waals surface area contributed by atoms with Gasteiger partial charge >= 0.3 is 0 Å². The quantitative estimate of drug-likeness (QED) is 0.598. The fourth-order valence-electron chi connectivity index (χ4n) is 2.67. The van der Waals surface area contributed by atoms with Gasteiger partial charge in [-0.05, 0) is 24.3 Å². The number of anilines is 1. The van der Waals surface area contributed by atoms with E-state index in [1.165, 1.54) is 16.8 Å². The Morgan fingerprint density at radius 2 is 1.88 bits per heavy atom. The lowest BCUT2D eigenvalue weighted by Crippen LogP contribution is -2.34. The highest BCUT2D eigenvalue weighted by molar-refractivity contribution is 6.68. The van der Waals surface area contributed by atoms with Gasteiger partial charge in [-0.1, -0.05) is 59.1 Å². The summed E-state index contributed by atoms with van der Waals surface area (Å²) < 4.78 is 13.4. The van der Waals surface area contributed by atoms with Crippen LogP contribution in [0.15, 0.2) is 48.5 Å². The molecule has 3 aromatic rings. The highest BCUT2D eigenvalue weighted by Crippen LogP contribution is 2.45. The summed E-state index contributed by atoms with van der Waals surface area (Å²) >= 11 is 18.3. The van der Waals surface area contributed by atoms with Crippen LogP contribution in [0.25, 0.3) is 22.8 Å². The Kier molecular flexibility index (Phi) is 3.67. The van der Waals surface area contributed by atoms with Crippen molar-refractivity contribution in [2.45, 2.75) is 9.96 Å². The van der Waals surface area contributed by atoms with Crippen molar-refractivity contribution in [3.05, 3.63) is 54.3 Å². The Labute approximate surface area is 152 Å². The van der Waals surface area contributed by atoms with Gasteiger partial charge < -0.3 is 5.32 Å². The fourth-order valence-corrected chi connectivity index (χ4v) is 3.11. The number of benzene rings is 2. The van der Waals surface area contributed by atoms with E-state index in [1.807, 2.05) is 24.3 Å². The lowest BCUT2D eigenvalue weighted by molar-refractivity contribution is 0.510. The third-order valence-electron chi connectivity index (χ3n) is 3.73. The van der Waals surface area contributed by atoms with Gasteiger partial charge in [-0.2, -0.15) is 0 Å². The van der Waals surface area contributed by atoms with Gasteiger partial charge in [0.05, 0.1) is 0 Å². The van der Waals surface area contributed by atoms with Gasteiger partial charge in [0.25, 0.3) is 0 Å². The number of fused-ring (bicyclic) bond motifs is 3. The Bertz CT molecular complexity index is 920. The predicted molar refractivity (Wildman–Crippen MR) is 93.8 cm³/mol. The van der Waals surface area contributed by atoms with Crippen LogP contribution in [-0.4, -0.2) is 18.6 Å². The van der Waals surface area contributed by atoms with E-state index in [-0.39, 0.29) is 5.82 Å². The van der Waals surface area contributed by atoms with E-state index in [1.54, 1.807) is 12.1 Å². The minimum atomic E-state index is -1.64. The maximum absolute atomic E-state index is 13.5. The largest absolute Gasteiger partial charge is 0.360 e. The highest BCUT2D eigenvalue weighted by Gasteiger charge is 2.40. The van der Waals surface area contributed by atoms with Crippen molar-refractivity contribution in [1.82, 2.24) is 14.8 Å². The fraction of sp³-hybridized carbons (Fsp3) is 0.125. The molecular weight excluding hydrogens is 374 g/mol. The van der Waals surface area contributed by atoms with Crippen molar-refractivity contribution in [1.29, 1.82) is 0 Å². The molecule has 0 fully saturated rings. The number of aromatic nitrogens is 3. The zero-order valence-electron chi connectivity index (χ0n) is 12.0. The molecule has 1 atom stereocenters. The molecule has 0 saturated heterocycles. The molecule has 24 heavy (non-hydrogen) atoms. The van der Waals surface area contributed by atoms with Gasteiger partial charge in [-0.25, -0.2) is 14.1 Å². The van der Waals surface area contributed by atoms with Crippen molar-refractivity contribution < 1.29 is 4.39 Å². The SMILES string of the molecule is Fc1cccc(-c2nc3n(n2)C(C(Cl)(Cl)Cl)Nc2ccccc2-3)c1. The van der Waals surface area contributed by atoms with E-state index < -0.39 is 9.96 Å². The van der Waals surface area contributed by atoms with Gasteiger partial charge in [-0.15, -0.1) is 5.10 Å². The Hall–Kier alpha value is -1.82. The van der Waals surface area contributed by atoms with Crippen molar-refractivity contribution in [3.8, 4) is 22.8 Å². The van der Waals surface area contributed by atoms with Crippen molar-refractivity contribution in [2.24, 2.45) is 0 Å². The summed E-state index contributed by atoms with van der Waals surface area (Å²) in [6.45, 7) is 0. The first-order valence-electron chi connectivity index (χ1n) is 7.08. The number of para-hydroxylation sites is 1. The first-order valence-corrected chi connectivity index (χ1v) is 8.22. The van der Waals surface area contributed by atoms with E-state index in [4.69, 9.17) is 34.8 Å². The molecule has 1 unspecified atom stereocenters. The molecule has 0 spiro atoms. The van der Waals surface area contributed by atoms with Crippen LogP contribution in [0.3, 0.4) is 0 Å². The highest BCUT2D eigenvalue weighted by atomic mass is 35.6. The van der Waals surface area contributed by atoms with Crippen LogP contribution in [0.4, 0.5) is 10.1 Å². The molecule has 4 rings (SSSR count). The summed E-state index contributed by atoms with van der Waals surface area (Å²) in [5.74, 6) is 0.555. The molecule has 1 aliphatic rings. The molecule has 1 aromatic heterocycles. The molecule has 4 nitrogen and oxygen atoms in total. The van der Waals surface area contributed by atoms with E-state index in [2.05, 4.69) is 15.4 Å².